The molecule has 2 aromatic carbocycles. The molecule has 0 fully saturated rings. The van der Waals surface area contributed by atoms with E-state index in [1.807, 2.05) is 0 Å². The Morgan fingerprint density at radius 2 is 1.81 bits per heavy atom. The van der Waals surface area contributed by atoms with Crippen molar-refractivity contribution >= 4 is 5.91 Å². The highest BCUT2D eigenvalue weighted by molar-refractivity contribution is 5.77. The van der Waals surface area contributed by atoms with Gasteiger partial charge in [0.2, 0.25) is 5.91 Å². The first-order chi connectivity index (χ1) is 12.6. The van der Waals surface area contributed by atoms with Gasteiger partial charge in [-0.25, -0.2) is 13.8 Å². The summed E-state index contributed by atoms with van der Waals surface area (Å²) in [5.41, 5.74) is 0.808. The van der Waals surface area contributed by atoms with Gasteiger partial charge in [-0.15, -0.1) is 0 Å². The summed E-state index contributed by atoms with van der Waals surface area (Å²) in [6, 6.07) is 11.9. The summed E-state index contributed by atoms with van der Waals surface area (Å²) in [5, 5.41) is 2.82. The molecule has 0 radical (unpaired) electrons. The van der Waals surface area contributed by atoms with Crippen LogP contribution in [0.25, 0.3) is 0 Å². The summed E-state index contributed by atoms with van der Waals surface area (Å²) < 4.78 is 29.7. The average Bonchev–Trinajstić information content (AvgIpc) is 3.05. The molecule has 3 rings (SSSR count). The predicted molar refractivity (Wildman–Crippen MR) is 94.3 cm³/mol. The molecule has 26 heavy (non-hydrogen) atoms. The molecule has 0 saturated heterocycles. The van der Waals surface area contributed by atoms with Crippen molar-refractivity contribution in [2.24, 2.45) is 7.05 Å². The molecule has 0 saturated carbocycles. The third-order valence-corrected chi connectivity index (χ3v) is 4.22. The Bertz CT molecular complexity index is 907. The summed E-state index contributed by atoms with van der Waals surface area (Å²) in [6.45, 7) is 0. The van der Waals surface area contributed by atoms with E-state index in [-0.39, 0.29) is 24.6 Å². The standard InChI is InChI=1S/C20H19F2N3O/c1-25-13-12-23-20(25)19(15-7-3-5-9-17(15)22)24-18(26)11-10-14-6-2-4-8-16(14)21/h2-9,12-13,19H,10-11H2,1H3,(H,24,26)/t19-/m1/s1. The molecular formula is C20H19F2N3O. The zero-order valence-corrected chi connectivity index (χ0v) is 14.3. The Labute approximate surface area is 150 Å². The highest BCUT2D eigenvalue weighted by Gasteiger charge is 2.23. The second kappa shape index (κ2) is 7.91. The first kappa shape index (κ1) is 17.8. The van der Waals surface area contributed by atoms with Crippen molar-refractivity contribution in [3.8, 4) is 0 Å². The lowest BCUT2D eigenvalue weighted by Gasteiger charge is -2.19. The van der Waals surface area contributed by atoms with Crippen molar-refractivity contribution in [2.45, 2.75) is 18.9 Å². The third kappa shape index (κ3) is 3.96. The number of rotatable bonds is 6. The number of halogens is 2. The molecule has 0 spiro atoms. The van der Waals surface area contributed by atoms with Crippen LogP contribution in [0.15, 0.2) is 60.9 Å². The summed E-state index contributed by atoms with van der Waals surface area (Å²) >= 11 is 0. The molecular weight excluding hydrogens is 336 g/mol. The van der Waals surface area contributed by atoms with Gasteiger partial charge in [0.1, 0.15) is 23.5 Å². The Kier molecular flexibility index (Phi) is 5.41. The maximum absolute atomic E-state index is 14.3. The largest absolute Gasteiger partial charge is 0.342 e. The molecule has 134 valence electrons. The fraction of sp³-hybridized carbons (Fsp3) is 0.200. The highest BCUT2D eigenvalue weighted by atomic mass is 19.1. The maximum atomic E-state index is 14.3. The van der Waals surface area contributed by atoms with Crippen LogP contribution in [-0.2, 0) is 18.3 Å². The molecule has 3 aromatic rings. The molecule has 1 amide bonds. The number of aromatic nitrogens is 2. The Morgan fingerprint density at radius 3 is 2.46 bits per heavy atom. The molecule has 0 aliphatic rings. The van der Waals surface area contributed by atoms with Crippen molar-refractivity contribution in [3.63, 3.8) is 0 Å². The number of carbonyl (C=O) groups is 1. The average molecular weight is 355 g/mol. The summed E-state index contributed by atoms with van der Waals surface area (Å²) in [6.07, 6.45) is 3.68. The third-order valence-electron chi connectivity index (χ3n) is 4.22. The molecule has 6 heteroatoms. The minimum atomic E-state index is -0.718. The number of carbonyl (C=O) groups excluding carboxylic acids is 1. The van der Waals surface area contributed by atoms with Gasteiger partial charge in [-0.05, 0) is 24.1 Å². The quantitative estimate of drug-likeness (QED) is 0.735. The lowest BCUT2D eigenvalue weighted by molar-refractivity contribution is -0.121. The van der Waals surface area contributed by atoms with E-state index >= 15 is 0 Å². The lowest BCUT2D eigenvalue weighted by Crippen LogP contribution is -2.31. The minimum Gasteiger partial charge on any atom is -0.342 e. The number of imidazole rings is 1. The Morgan fingerprint density at radius 1 is 1.12 bits per heavy atom. The number of nitrogens with zero attached hydrogens (tertiary/aromatic N) is 2. The second-order valence-electron chi connectivity index (χ2n) is 6.01. The normalized spacial score (nSPS) is 12.0. The number of nitrogens with one attached hydrogen (secondary N) is 1. The van der Waals surface area contributed by atoms with Crippen molar-refractivity contribution in [2.75, 3.05) is 0 Å². The number of hydrogen-bond donors (Lipinski definition) is 1. The topological polar surface area (TPSA) is 46.9 Å². The summed E-state index contributed by atoms with van der Waals surface area (Å²) in [7, 11) is 1.78. The van der Waals surface area contributed by atoms with Crippen molar-refractivity contribution < 1.29 is 13.6 Å². The van der Waals surface area contributed by atoms with Crippen molar-refractivity contribution in [1.29, 1.82) is 0 Å². The van der Waals surface area contributed by atoms with Crippen LogP contribution in [0.1, 0.15) is 29.4 Å². The lowest BCUT2D eigenvalue weighted by atomic mass is 10.0. The first-order valence-corrected chi connectivity index (χ1v) is 8.30. The van der Waals surface area contributed by atoms with Gasteiger partial charge in [0.05, 0.1) is 0 Å². The summed E-state index contributed by atoms with van der Waals surface area (Å²) in [5.74, 6) is -0.538. The van der Waals surface area contributed by atoms with Gasteiger partial charge in [-0.3, -0.25) is 4.79 Å². The van der Waals surface area contributed by atoms with Crippen LogP contribution < -0.4 is 5.32 Å². The van der Waals surface area contributed by atoms with Crippen molar-refractivity contribution in [1.82, 2.24) is 14.9 Å². The molecule has 0 bridgehead atoms. The fourth-order valence-corrected chi connectivity index (χ4v) is 2.83. The van der Waals surface area contributed by atoms with Crippen LogP contribution >= 0.6 is 0 Å². The monoisotopic (exact) mass is 355 g/mol. The second-order valence-corrected chi connectivity index (χ2v) is 6.01. The number of amides is 1. The Hall–Kier alpha value is -3.02. The SMILES string of the molecule is Cn1ccnc1[C@H](NC(=O)CCc1ccccc1F)c1ccccc1F. The van der Waals surface area contributed by atoms with E-state index in [4.69, 9.17) is 0 Å². The summed E-state index contributed by atoms with van der Waals surface area (Å²) in [4.78, 5) is 16.7. The first-order valence-electron chi connectivity index (χ1n) is 8.30. The van der Waals surface area contributed by atoms with E-state index in [1.54, 1.807) is 60.4 Å². The molecule has 4 nitrogen and oxygen atoms in total. The van der Waals surface area contributed by atoms with E-state index in [0.717, 1.165) is 0 Å². The van der Waals surface area contributed by atoms with E-state index in [9.17, 15) is 13.6 Å². The molecule has 0 aliphatic heterocycles. The van der Waals surface area contributed by atoms with Crippen LogP contribution in [0, 0.1) is 11.6 Å². The predicted octanol–water partition coefficient (Wildman–Crippen LogP) is 3.54. The van der Waals surface area contributed by atoms with Gasteiger partial charge in [-0.2, -0.15) is 0 Å². The van der Waals surface area contributed by atoms with Crippen LogP contribution in [0.2, 0.25) is 0 Å². The minimum absolute atomic E-state index is 0.0936. The molecule has 1 aromatic heterocycles. The molecule has 0 unspecified atom stereocenters. The van der Waals surface area contributed by atoms with E-state index < -0.39 is 11.9 Å². The van der Waals surface area contributed by atoms with E-state index in [1.165, 1.54) is 12.1 Å². The Balaban J connectivity index is 1.78. The number of benzene rings is 2. The van der Waals surface area contributed by atoms with Crippen LogP contribution in [-0.4, -0.2) is 15.5 Å². The zero-order valence-electron chi connectivity index (χ0n) is 14.3. The van der Waals surface area contributed by atoms with Crippen LogP contribution in [0.3, 0.4) is 0 Å². The van der Waals surface area contributed by atoms with E-state index in [2.05, 4.69) is 10.3 Å². The maximum Gasteiger partial charge on any atom is 0.221 e. The van der Waals surface area contributed by atoms with Crippen LogP contribution in [0.4, 0.5) is 8.78 Å². The highest BCUT2D eigenvalue weighted by Crippen LogP contribution is 2.23. The fourth-order valence-electron chi connectivity index (χ4n) is 2.83. The van der Waals surface area contributed by atoms with Gasteiger partial charge >= 0.3 is 0 Å². The number of aryl methyl sites for hydroxylation is 2. The molecule has 1 N–H and O–H groups in total. The van der Waals surface area contributed by atoms with Crippen molar-refractivity contribution in [3.05, 3.63) is 89.5 Å². The van der Waals surface area contributed by atoms with Gasteiger partial charge in [-0.1, -0.05) is 36.4 Å². The van der Waals surface area contributed by atoms with Gasteiger partial charge in [0.15, 0.2) is 0 Å². The van der Waals surface area contributed by atoms with Gasteiger partial charge in [0, 0.05) is 31.4 Å². The van der Waals surface area contributed by atoms with Crippen LogP contribution in [0.5, 0.6) is 0 Å². The smallest absolute Gasteiger partial charge is 0.221 e. The molecule has 1 atom stereocenters. The zero-order chi connectivity index (χ0) is 18.5. The number of hydrogen-bond acceptors (Lipinski definition) is 2. The van der Waals surface area contributed by atoms with E-state index in [0.29, 0.717) is 17.0 Å². The molecule has 0 aliphatic carbocycles. The molecule has 1 heterocycles. The van der Waals surface area contributed by atoms with Gasteiger partial charge < -0.3 is 9.88 Å². The van der Waals surface area contributed by atoms with Gasteiger partial charge in [0.25, 0.3) is 0 Å².